The minimum Gasteiger partial charge on any atom is -0.327 e. The van der Waals surface area contributed by atoms with E-state index in [1.54, 1.807) is 0 Å². The van der Waals surface area contributed by atoms with E-state index < -0.39 is 0 Å². The largest absolute Gasteiger partial charge is 0.327 e. The standard InChI is InChI=1S/C15H29NS/c1-11-7-12(2)9-13(8-11)15(16)10-17-14-5-3-4-6-14/h11-15H,3-10,16H2,1-2H3. The van der Waals surface area contributed by atoms with E-state index in [-0.39, 0.29) is 0 Å². The van der Waals surface area contributed by atoms with E-state index in [2.05, 4.69) is 25.6 Å². The Morgan fingerprint density at radius 3 is 2.24 bits per heavy atom. The SMILES string of the molecule is CC1CC(C)CC(C(N)CSC2CCCC2)C1. The Balaban J connectivity index is 1.72. The Morgan fingerprint density at radius 1 is 1.06 bits per heavy atom. The zero-order valence-corrected chi connectivity index (χ0v) is 12.3. The first kappa shape index (κ1) is 13.7. The van der Waals surface area contributed by atoms with E-state index in [4.69, 9.17) is 5.73 Å². The van der Waals surface area contributed by atoms with Gasteiger partial charge in [-0.3, -0.25) is 0 Å². The fourth-order valence-electron chi connectivity index (χ4n) is 3.80. The zero-order chi connectivity index (χ0) is 12.3. The van der Waals surface area contributed by atoms with Crippen LogP contribution in [0.5, 0.6) is 0 Å². The topological polar surface area (TPSA) is 26.0 Å². The van der Waals surface area contributed by atoms with Crippen LogP contribution in [-0.4, -0.2) is 17.0 Å². The summed E-state index contributed by atoms with van der Waals surface area (Å²) < 4.78 is 0. The third-order valence-electron chi connectivity index (χ3n) is 4.65. The zero-order valence-electron chi connectivity index (χ0n) is 11.5. The molecule has 0 aromatic heterocycles. The molecule has 2 fully saturated rings. The number of thioether (sulfide) groups is 1. The lowest BCUT2D eigenvalue weighted by atomic mass is 9.74. The summed E-state index contributed by atoms with van der Waals surface area (Å²) in [5, 5.41) is 0.930. The van der Waals surface area contributed by atoms with Crippen molar-refractivity contribution in [3.63, 3.8) is 0 Å². The Morgan fingerprint density at radius 2 is 1.65 bits per heavy atom. The molecule has 0 heterocycles. The summed E-state index contributed by atoms with van der Waals surface area (Å²) in [7, 11) is 0. The summed E-state index contributed by atoms with van der Waals surface area (Å²) in [5.41, 5.74) is 6.43. The summed E-state index contributed by atoms with van der Waals surface area (Å²) >= 11 is 2.16. The van der Waals surface area contributed by atoms with Crippen LogP contribution < -0.4 is 5.73 Å². The molecule has 2 rings (SSSR count). The molecule has 0 aromatic rings. The molecule has 3 atom stereocenters. The average molecular weight is 255 g/mol. The van der Waals surface area contributed by atoms with Gasteiger partial charge in [-0.2, -0.15) is 11.8 Å². The van der Waals surface area contributed by atoms with Crippen molar-refractivity contribution in [2.24, 2.45) is 23.5 Å². The van der Waals surface area contributed by atoms with Gasteiger partial charge in [0, 0.05) is 17.0 Å². The van der Waals surface area contributed by atoms with Gasteiger partial charge in [0.05, 0.1) is 0 Å². The summed E-state index contributed by atoms with van der Waals surface area (Å²) in [4.78, 5) is 0. The first-order valence-electron chi connectivity index (χ1n) is 7.52. The van der Waals surface area contributed by atoms with Crippen LogP contribution in [-0.2, 0) is 0 Å². The number of rotatable bonds is 4. The van der Waals surface area contributed by atoms with Crippen LogP contribution in [0.25, 0.3) is 0 Å². The molecule has 2 N–H and O–H groups in total. The van der Waals surface area contributed by atoms with Gasteiger partial charge in [-0.1, -0.05) is 26.7 Å². The fraction of sp³-hybridized carbons (Fsp3) is 1.00. The smallest absolute Gasteiger partial charge is 0.0159 e. The molecular weight excluding hydrogens is 226 g/mol. The Hall–Kier alpha value is 0.310. The minimum absolute atomic E-state index is 0.450. The van der Waals surface area contributed by atoms with Crippen LogP contribution in [0.3, 0.4) is 0 Å². The molecule has 2 heteroatoms. The van der Waals surface area contributed by atoms with Crippen molar-refractivity contribution in [2.45, 2.75) is 70.1 Å². The van der Waals surface area contributed by atoms with Gasteiger partial charge >= 0.3 is 0 Å². The summed E-state index contributed by atoms with van der Waals surface area (Å²) in [6.45, 7) is 4.80. The number of nitrogens with two attached hydrogens (primary N) is 1. The van der Waals surface area contributed by atoms with Gasteiger partial charge in [-0.25, -0.2) is 0 Å². The van der Waals surface area contributed by atoms with Crippen LogP contribution in [0.1, 0.15) is 58.8 Å². The van der Waals surface area contributed by atoms with Crippen LogP contribution in [0.4, 0.5) is 0 Å². The molecule has 2 saturated carbocycles. The predicted octanol–water partition coefficient (Wildman–Crippen LogP) is 4.06. The molecule has 0 radical (unpaired) electrons. The Labute approximate surface area is 111 Å². The second kappa shape index (κ2) is 6.47. The van der Waals surface area contributed by atoms with Crippen LogP contribution in [0.15, 0.2) is 0 Å². The molecule has 3 unspecified atom stereocenters. The van der Waals surface area contributed by atoms with Crippen molar-refractivity contribution in [3.8, 4) is 0 Å². The molecule has 100 valence electrons. The highest BCUT2D eigenvalue weighted by Gasteiger charge is 2.28. The molecule has 2 aliphatic rings. The highest BCUT2D eigenvalue weighted by molar-refractivity contribution is 7.99. The highest BCUT2D eigenvalue weighted by Crippen LogP contribution is 2.36. The molecule has 0 aliphatic heterocycles. The monoisotopic (exact) mass is 255 g/mol. The van der Waals surface area contributed by atoms with Crippen molar-refractivity contribution in [1.29, 1.82) is 0 Å². The van der Waals surface area contributed by atoms with Crippen LogP contribution >= 0.6 is 11.8 Å². The maximum Gasteiger partial charge on any atom is 0.0159 e. The Kier molecular flexibility index (Phi) is 5.23. The van der Waals surface area contributed by atoms with E-state index in [0.29, 0.717) is 6.04 Å². The second-order valence-corrected chi connectivity index (χ2v) is 7.91. The molecule has 17 heavy (non-hydrogen) atoms. The van der Waals surface area contributed by atoms with Crippen LogP contribution in [0, 0.1) is 17.8 Å². The average Bonchev–Trinajstić information content (AvgIpc) is 2.77. The van der Waals surface area contributed by atoms with Gasteiger partial charge < -0.3 is 5.73 Å². The van der Waals surface area contributed by atoms with Crippen molar-refractivity contribution in [1.82, 2.24) is 0 Å². The lowest BCUT2D eigenvalue weighted by Gasteiger charge is -2.35. The van der Waals surface area contributed by atoms with Gasteiger partial charge in [0.15, 0.2) is 0 Å². The summed E-state index contributed by atoms with van der Waals surface area (Å²) in [5.74, 6) is 3.79. The lowest BCUT2D eigenvalue weighted by molar-refractivity contribution is 0.200. The first-order valence-corrected chi connectivity index (χ1v) is 8.57. The maximum absolute atomic E-state index is 6.43. The van der Waals surface area contributed by atoms with E-state index in [9.17, 15) is 0 Å². The van der Waals surface area contributed by atoms with Crippen molar-refractivity contribution < 1.29 is 0 Å². The lowest BCUT2D eigenvalue weighted by Crippen LogP contribution is -2.37. The molecule has 0 spiro atoms. The molecule has 0 aromatic carbocycles. The van der Waals surface area contributed by atoms with Crippen molar-refractivity contribution in [3.05, 3.63) is 0 Å². The third kappa shape index (κ3) is 4.17. The van der Waals surface area contributed by atoms with Gasteiger partial charge in [0.1, 0.15) is 0 Å². The molecule has 0 amide bonds. The fourth-order valence-corrected chi connectivity index (χ4v) is 5.23. The normalized spacial score (nSPS) is 37.2. The van der Waals surface area contributed by atoms with E-state index in [1.807, 2.05) is 0 Å². The number of hydrogen-bond acceptors (Lipinski definition) is 2. The predicted molar refractivity (Wildman–Crippen MR) is 78.4 cm³/mol. The van der Waals surface area contributed by atoms with Crippen molar-refractivity contribution in [2.75, 3.05) is 5.75 Å². The van der Waals surface area contributed by atoms with E-state index in [0.717, 1.165) is 23.0 Å². The second-order valence-electron chi connectivity index (χ2n) is 6.58. The third-order valence-corrected chi connectivity index (χ3v) is 6.17. The van der Waals surface area contributed by atoms with Gasteiger partial charge in [-0.05, 0) is 49.9 Å². The van der Waals surface area contributed by atoms with Gasteiger partial charge in [0.25, 0.3) is 0 Å². The van der Waals surface area contributed by atoms with Gasteiger partial charge in [0.2, 0.25) is 0 Å². The Bertz CT molecular complexity index is 215. The molecular formula is C15H29NS. The highest BCUT2D eigenvalue weighted by atomic mass is 32.2. The first-order chi connectivity index (χ1) is 8.15. The molecule has 0 saturated heterocycles. The summed E-state index contributed by atoms with van der Waals surface area (Å²) in [6.07, 6.45) is 9.94. The quantitative estimate of drug-likeness (QED) is 0.820. The molecule has 1 nitrogen and oxygen atoms in total. The molecule has 2 aliphatic carbocycles. The van der Waals surface area contributed by atoms with Crippen LogP contribution in [0.2, 0.25) is 0 Å². The number of hydrogen-bond donors (Lipinski definition) is 1. The summed E-state index contributed by atoms with van der Waals surface area (Å²) in [6, 6.07) is 0.450. The maximum atomic E-state index is 6.43. The molecule has 0 bridgehead atoms. The van der Waals surface area contributed by atoms with E-state index in [1.165, 1.54) is 50.7 Å². The minimum atomic E-state index is 0.450. The van der Waals surface area contributed by atoms with Gasteiger partial charge in [-0.15, -0.1) is 0 Å². The van der Waals surface area contributed by atoms with E-state index >= 15 is 0 Å². The van der Waals surface area contributed by atoms with Crippen molar-refractivity contribution >= 4 is 11.8 Å².